The van der Waals surface area contributed by atoms with Gasteiger partial charge in [0, 0.05) is 18.5 Å². The van der Waals surface area contributed by atoms with Crippen LogP contribution in [0.4, 0.5) is 0 Å². The van der Waals surface area contributed by atoms with Gasteiger partial charge in [0.2, 0.25) is 0 Å². The molecule has 0 saturated carbocycles. The molecular formula is C27H26N6O3. The van der Waals surface area contributed by atoms with Gasteiger partial charge in [0.25, 0.3) is 5.43 Å². The van der Waals surface area contributed by atoms with Gasteiger partial charge in [-0.05, 0) is 49.7 Å². The maximum absolute atomic E-state index is 13.4. The van der Waals surface area contributed by atoms with Gasteiger partial charge >= 0.3 is 0 Å². The van der Waals surface area contributed by atoms with Crippen molar-refractivity contribution in [3.63, 3.8) is 0 Å². The molecule has 0 radical (unpaired) electrons. The van der Waals surface area contributed by atoms with Crippen LogP contribution in [0.3, 0.4) is 0 Å². The van der Waals surface area contributed by atoms with Crippen LogP contribution < -0.4 is 14.9 Å². The molecule has 5 rings (SSSR count). The SMILES string of the molecule is CCCOc1cc(-n2cccn2)ccc1-n1cc(OC)c(=O)c(-c2cc(C)nn2-c2ccccc2)n1. The summed E-state index contributed by atoms with van der Waals surface area (Å²) in [5.74, 6) is 0.776. The highest BCUT2D eigenvalue weighted by Gasteiger charge is 2.20. The number of aryl methyl sites for hydroxylation is 1. The molecule has 2 aromatic carbocycles. The van der Waals surface area contributed by atoms with Gasteiger partial charge in [-0.25, -0.2) is 14.0 Å². The van der Waals surface area contributed by atoms with Crippen LogP contribution in [-0.4, -0.2) is 43.1 Å². The summed E-state index contributed by atoms with van der Waals surface area (Å²) < 4.78 is 16.6. The summed E-state index contributed by atoms with van der Waals surface area (Å²) in [4.78, 5) is 13.4. The second-order valence-electron chi connectivity index (χ2n) is 8.19. The van der Waals surface area contributed by atoms with Gasteiger partial charge in [-0.15, -0.1) is 0 Å². The number of nitrogens with zero attached hydrogens (tertiary/aromatic N) is 6. The smallest absolute Gasteiger partial charge is 0.251 e. The van der Waals surface area contributed by atoms with Crippen LogP contribution in [0.5, 0.6) is 11.5 Å². The molecule has 9 heteroatoms. The van der Waals surface area contributed by atoms with Crippen molar-refractivity contribution in [3.05, 3.63) is 95.2 Å². The summed E-state index contributed by atoms with van der Waals surface area (Å²) >= 11 is 0. The zero-order chi connectivity index (χ0) is 25.1. The molecule has 0 fully saturated rings. The van der Waals surface area contributed by atoms with Crippen LogP contribution in [0, 0.1) is 6.92 Å². The van der Waals surface area contributed by atoms with E-state index in [2.05, 4.69) is 10.2 Å². The summed E-state index contributed by atoms with van der Waals surface area (Å²) in [6, 6.07) is 19.1. The Hall–Kier alpha value is -4.66. The van der Waals surface area contributed by atoms with E-state index in [1.807, 2.05) is 80.7 Å². The number of hydrogen-bond acceptors (Lipinski definition) is 6. The summed E-state index contributed by atoms with van der Waals surface area (Å²) in [5, 5.41) is 13.7. The summed E-state index contributed by atoms with van der Waals surface area (Å²) in [5.41, 5.74) is 3.57. The number of methoxy groups -OCH3 is 1. The minimum absolute atomic E-state index is 0.163. The number of hydrogen-bond donors (Lipinski definition) is 0. The normalized spacial score (nSPS) is 11.0. The molecule has 9 nitrogen and oxygen atoms in total. The monoisotopic (exact) mass is 482 g/mol. The Morgan fingerprint density at radius 2 is 1.75 bits per heavy atom. The zero-order valence-electron chi connectivity index (χ0n) is 20.3. The zero-order valence-corrected chi connectivity index (χ0v) is 20.3. The fraction of sp³-hybridized carbons (Fsp3) is 0.185. The van der Waals surface area contributed by atoms with E-state index in [0.29, 0.717) is 23.7 Å². The highest BCUT2D eigenvalue weighted by molar-refractivity contribution is 5.61. The summed E-state index contributed by atoms with van der Waals surface area (Å²) in [7, 11) is 1.47. The van der Waals surface area contributed by atoms with Crippen molar-refractivity contribution in [1.82, 2.24) is 29.3 Å². The first-order chi connectivity index (χ1) is 17.6. The number of rotatable bonds is 8. The third kappa shape index (κ3) is 4.38. The Labute approximate surface area is 208 Å². The highest BCUT2D eigenvalue weighted by atomic mass is 16.5. The number of ether oxygens (including phenoxy) is 2. The molecular weight excluding hydrogens is 456 g/mol. The molecule has 36 heavy (non-hydrogen) atoms. The van der Waals surface area contributed by atoms with Crippen LogP contribution >= 0.6 is 0 Å². The standard InChI is InChI=1S/C27H26N6O3/c1-4-15-36-24-17-21(31-14-8-13-28-31)11-12-22(24)32-18-25(35-3)27(34)26(30-32)23-16-19(2)29-33(23)20-9-6-5-7-10-20/h5-14,16-18H,4,15H2,1-3H3. The summed E-state index contributed by atoms with van der Waals surface area (Å²) in [6.07, 6.45) is 6.00. The van der Waals surface area contributed by atoms with E-state index in [9.17, 15) is 4.79 Å². The molecule has 5 aromatic rings. The Balaban J connectivity index is 1.69. The van der Waals surface area contributed by atoms with E-state index < -0.39 is 0 Å². The van der Waals surface area contributed by atoms with Gasteiger partial charge in [0.15, 0.2) is 11.4 Å². The van der Waals surface area contributed by atoms with Crippen LogP contribution in [0.15, 0.2) is 84.0 Å². The maximum atomic E-state index is 13.4. The molecule has 0 aliphatic heterocycles. The predicted octanol–water partition coefficient (Wildman–Crippen LogP) is 4.38. The van der Waals surface area contributed by atoms with Gasteiger partial charge < -0.3 is 9.47 Å². The van der Waals surface area contributed by atoms with Crippen LogP contribution in [0.2, 0.25) is 0 Å². The average Bonchev–Trinajstić information content (AvgIpc) is 3.58. The van der Waals surface area contributed by atoms with Gasteiger partial charge in [-0.1, -0.05) is 25.1 Å². The fourth-order valence-corrected chi connectivity index (χ4v) is 3.92. The van der Waals surface area contributed by atoms with Crippen molar-refractivity contribution < 1.29 is 9.47 Å². The van der Waals surface area contributed by atoms with Crippen molar-refractivity contribution >= 4 is 0 Å². The molecule has 0 saturated heterocycles. The largest absolute Gasteiger partial charge is 0.491 e. The minimum Gasteiger partial charge on any atom is -0.491 e. The molecule has 0 unspecified atom stereocenters. The van der Waals surface area contributed by atoms with Crippen LogP contribution in [0.25, 0.3) is 28.5 Å². The lowest BCUT2D eigenvalue weighted by atomic mass is 10.2. The molecule has 0 bridgehead atoms. The Morgan fingerprint density at radius 1 is 0.917 bits per heavy atom. The first-order valence-electron chi connectivity index (χ1n) is 11.7. The number of para-hydroxylation sites is 1. The average molecular weight is 483 g/mol. The van der Waals surface area contributed by atoms with E-state index in [4.69, 9.17) is 14.6 Å². The van der Waals surface area contributed by atoms with Crippen molar-refractivity contribution in [3.8, 4) is 39.9 Å². The van der Waals surface area contributed by atoms with Crippen LogP contribution in [-0.2, 0) is 0 Å². The number of benzene rings is 2. The summed E-state index contributed by atoms with van der Waals surface area (Å²) in [6.45, 7) is 4.45. The lowest BCUT2D eigenvalue weighted by Gasteiger charge is -2.16. The molecule has 0 spiro atoms. The maximum Gasteiger partial charge on any atom is 0.251 e. The van der Waals surface area contributed by atoms with E-state index in [1.54, 1.807) is 26.4 Å². The van der Waals surface area contributed by atoms with Crippen molar-refractivity contribution in [2.75, 3.05) is 13.7 Å². The van der Waals surface area contributed by atoms with E-state index in [1.165, 1.54) is 7.11 Å². The van der Waals surface area contributed by atoms with Gasteiger partial charge in [0.05, 0.1) is 42.7 Å². The third-order valence-corrected chi connectivity index (χ3v) is 5.60. The van der Waals surface area contributed by atoms with E-state index in [0.717, 1.165) is 23.5 Å². The molecule has 3 heterocycles. The van der Waals surface area contributed by atoms with E-state index >= 15 is 0 Å². The first-order valence-corrected chi connectivity index (χ1v) is 11.7. The quantitative estimate of drug-likeness (QED) is 0.326. The second kappa shape index (κ2) is 9.91. The van der Waals surface area contributed by atoms with Crippen molar-refractivity contribution in [1.29, 1.82) is 0 Å². The van der Waals surface area contributed by atoms with Crippen molar-refractivity contribution in [2.45, 2.75) is 20.3 Å². The topological polar surface area (TPSA) is 89.0 Å². The second-order valence-corrected chi connectivity index (χ2v) is 8.19. The molecule has 0 atom stereocenters. The highest BCUT2D eigenvalue weighted by Crippen LogP contribution is 2.28. The predicted molar refractivity (Wildman–Crippen MR) is 137 cm³/mol. The Morgan fingerprint density at radius 3 is 2.47 bits per heavy atom. The van der Waals surface area contributed by atoms with Gasteiger partial charge in [-0.2, -0.15) is 15.3 Å². The molecule has 182 valence electrons. The van der Waals surface area contributed by atoms with E-state index in [-0.39, 0.29) is 16.9 Å². The van der Waals surface area contributed by atoms with Gasteiger partial charge in [-0.3, -0.25) is 4.79 Å². The Bertz CT molecular complexity index is 1540. The van der Waals surface area contributed by atoms with Crippen LogP contribution in [0.1, 0.15) is 19.0 Å². The number of aromatic nitrogens is 6. The molecule has 0 amide bonds. The fourth-order valence-electron chi connectivity index (χ4n) is 3.92. The Kier molecular flexibility index (Phi) is 6.36. The first kappa shape index (κ1) is 23.1. The molecule has 3 aromatic heterocycles. The molecule has 0 N–H and O–H groups in total. The van der Waals surface area contributed by atoms with Crippen molar-refractivity contribution in [2.24, 2.45) is 0 Å². The molecule has 0 aliphatic rings. The third-order valence-electron chi connectivity index (χ3n) is 5.60. The van der Waals surface area contributed by atoms with Gasteiger partial charge in [0.1, 0.15) is 11.4 Å². The minimum atomic E-state index is -0.324. The molecule has 0 aliphatic carbocycles. The lowest BCUT2D eigenvalue weighted by Crippen LogP contribution is -2.18. The lowest BCUT2D eigenvalue weighted by molar-refractivity contribution is 0.315.